The van der Waals surface area contributed by atoms with Crippen LogP contribution in [0.4, 0.5) is 0 Å². The van der Waals surface area contributed by atoms with Crippen molar-refractivity contribution < 1.29 is 63.6 Å². The number of unbranched alkanes of at least 4 members (excludes halogenated alkanes) is 1. The van der Waals surface area contributed by atoms with E-state index in [9.17, 15) is 19.5 Å². The zero-order valence-corrected chi connectivity index (χ0v) is 15.1. The van der Waals surface area contributed by atoms with Gasteiger partial charge in [-0.3, -0.25) is 9.59 Å². The van der Waals surface area contributed by atoms with Crippen molar-refractivity contribution in [1.82, 2.24) is 0 Å². The third kappa shape index (κ3) is 24.7. The second-order valence-electron chi connectivity index (χ2n) is 3.70. The molecule has 118 valence electrons. The molecule has 0 aromatic carbocycles. The molecule has 0 saturated heterocycles. The number of aliphatic hydroxyl groups excluding tert-OH is 1. The van der Waals surface area contributed by atoms with Gasteiger partial charge in [-0.05, 0) is 19.3 Å². The van der Waals surface area contributed by atoms with Gasteiger partial charge in [-0.2, -0.15) is 0 Å². The standard InChI is InChI=1S/C10H18O5.C3H6O2.Na/c1-2-9(12)14-7-8-15-10(13)5-3-4-6-11;1-2-3(4)5;/h11H,2-8H2,1H3;2H2,1H3,(H,4,5);/q;;+1/p-1. The van der Waals surface area contributed by atoms with Gasteiger partial charge in [0.2, 0.25) is 0 Å². The molecule has 1 N–H and O–H groups in total. The zero-order valence-electron chi connectivity index (χ0n) is 13.1. The van der Waals surface area contributed by atoms with Gasteiger partial charge >= 0.3 is 41.5 Å². The van der Waals surface area contributed by atoms with Gasteiger partial charge in [0.25, 0.3) is 0 Å². The van der Waals surface area contributed by atoms with Gasteiger partial charge in [0.1, 0.15) is 13.2 Å². The second-order valence-corrected chi connectivity index (χ2v) is 3.70. The van der Waals surface area contributed by atoms with E-state index in [1.165, 1.54) is 6.92 Å². The topological polar surface area (TPSA) is 113 Å². The summed E-state index contributed by atoms with van der Waals surface area (Å²) in [5.74, 6) is -1.62. The van der Waals surface area contributed by atoms with Crippen LogP contribution in [0.1, 0.15) is 46.0 Å². The Morgan fingerprint density at radius 2 is 1.43 bits per heavy atom. The van der Waals surface area contributed by atoms with Crippen molar-refractivity contribution in [2.24, 2.45) is 0 Å². The number of hydrogen-bond donors (Lipinski definition) is 1. The number of aliphatic hydroxyl groups is 1. The first kappa shape index (κ1) is 25.3. The number of carboxylic acid groups (broad SMARTS) is 1. The first-order chi connectivity index (χ1) is 9.47. The van der Waals surface area contributed by atoms with Crippen molar-refractivity contribution in [3.63, 3.8) is 0 Å². The Balaban J connectivity index is -0.000000465. The van der Waals surface area contributed by atoms with E-state index in [4.69, 9.17) is 14.6 Å². The molecular weight excluding hydrogens is 291 g/mol. The molecule has 0 aliphatic rings. The van der Waals surface area contributed by atoms with Crippen LogP contribution < -0.4 is 34.7 Å². The van der Waals surface area contributed by atoms with Crippen molar-refractivity contribution in [2.75, 3.05) is 19.8 Å². The minimum atomic E-state index is -0.995. The number of rotatable bonds is 9. The summed E-state index contributed by atoms with van der Waals surface area (Å²) in [4.78, 5) is 30.9. The average molecular weight is 314 g/mol. The largest absolute Gasteiger partial charge is 1.00 e. The van der Waals surface area contributed by atoms with Crippen molar-refractivity contribution in [2.45, 2.75) is 46.0 Å². The van der Waals surface area contributed by atoms with Gasteiger partial charge in [-0.25, -0.2) is 0 Å². The quantitative estimate of drug-likeness (QED) is 0.271. The van der Waals surface area contributed by atoms with Crippen LogP contribution in [0.25, 0.3) is 0 Å². The predicted molar refractivity (Wildman–Crippen MR) is 68.4 cm³/mol. The molecule has 21 heavy (non-hydrogen) atoms. The van der Waals surface area contributed by atoms with Crippen LogP contribution >= 0.6 is 0 Å². The Hall–Kier alpha value is -0.630. The van der Waals surface area contributed by atoms with Gasteiger partial charge in [-0.1, -0.05) is 13.8 Å². The van der Waals surface area contributed by atoms with Crippen LogP contribution in [-0.2, 0) is 23.9 Å². The Bertz CT molecular complexity index is 282. The summed E-state index contributed by atoms with van der Waals surface area (Å²) in [7, 11) is 0. The number of aliphatic carboxylic acids is 1. The molecule has 7 nitrogen and oxygen atoms in total. The van der Waals surface area contributed by atoms with Crippen LogP contribution in [0, 0.1) is 0 Å². The molecule has 0 bridgehead atoms. The number of ether oxygens (including phenoxy) is 2. The fraction of sp³-hybridized carbons (Fsp3) is 0.769. The van der Waals surface area contributed by atoms with E-state index in [0.29, 0.717) is 25.7 Å². The van der Waals surface area contributed by atoms with Crippen LogP contribution in [-0.4, -0.2) is 42.8 Å². The smallest absolute Gasteiger partial charge is 0.550 e. The van der Waals surface area contributed by atoms with Crippen LogP contribution in [0.15, 0.2) is 0 Å². The monoisotopic (exact) mass is 314 g/mol. The minimum absolute atomic E-state index is 0. The molecule has 0 unspecified atom stereocenters. The number of carbonyl (C=O) groups excluding carboxylic acids is 3. The first-order valence-electron chi connectivity index (χ1n) is 6.59. The molecule has 8 heteroatoms. The van der Waals surface area contributed by atoms with Gasteiger partial charge in [0, 0.05) is 25.4 Å². The molecule has 0 fully saturated rings. The third-order valence-corrected chi connectivity index (χ3v) is 1.98. The maximum absolute atomic E-state index is 11.0. The predicted octanol–water partition coefficient (Wildman–Crippen LogP) is -3.20. The molecule has 0 amide bonds. The normalized spacial score (nSPS) is 8.71. The first-order valence-corrected chi connectivity index (χ1v) is 6.59. The number of esters is 2. The van der Waals surface area contributed by atoms with E-state index in [0.717, 1.165) is 0 Å². The van der Waals surface area contributed by atoms with E-state index >= 15 is 0 Å². The Labute approximate surface area is 147 Å². The van der Waals surface area contributed by atoms with Crippen molar-refractivity contribution in [3.8, 4) is 0 Å². The van der Waals surface area contributed by atoms with Gasteiger partial charge in [0.05, 0.1) is 0 Å². The van der Waals surface area contributed by atoms with Crippen LogP contribution in [0.5, 0.6) is 0 Å². The summed E-state index contributed by atoms with van der Waals surface area (Å²) in [6.07, 6.45) is 1.94. The van der Waals surface area contributed by atoms with Crippen molar-refractivity contribution in [1.29, 1.82) is 0 Å². The van der Waals surface area contributed by atoms with Gasteiger partial charge in [-0.15, -0.1) is 0 Å². The molecule has 0 radical (unpaired) electrons. The van der Waals surface area contributed by atoms with Crippen molar-refractivity contribution in [3.05, 3.63) is 0 Å². The number of carboxylic acids is 1. The van der Waals surface area contributed by atoms with E-state index in [-0.39, 0.29) is 67.7 Å². The summed E-state index contributed by atoms with van der Waals surface area (Å²) < 4.78 is 9.50. The second kappa shape index (κ2) is 19.4. The third-order valence-electron chi connectivity index (χ3n) is 1.98. The maximum atomic E-state index is 11.0. The zero-order chi connectivity index (χ0) is 15.8. The molecular formula is C13H23NaO7. The summed E-state index contributed by atoms with van der Waals surface area (Å²) in [6.45, 7) is 3.53. The van der Waals surface area contributed by atoms with Gasteiger partial charge in [0.15, 0.2) is 0 Å². The fourth-order valence-corrected chi connectivity index (χ4v) is 0.866. The van der Waals surface area contributed by atoms with Crippen LogP contribution in [0.2, 0.25) is 0 Å². The molecule has 0 saturated carbocycles. The van der Waals surface area contributed by atoms with Crippen molar-refractivity contribution >= 4 is 17.9 Å². The Kier molecular flexibility index (Phi) is 23.4. The molecule has 0 spiro atoms. The Morgan fingerprint density at radius 1 is 0.952 bits per heavy atom. The van der Waals surface area contributed by atoms with E-state index in [1.807, 2.05) is 0 Å². The summed E-state index contributed by atoms with van der Waals surface area (Å²) in [5, 5.41) is 17.7. The maximum Gasteiger partial charge on any atom is 1.00 e. The molecule has 0 heterocycles. The number of hydrogen-bond acceptors (Lipinski definition) is 7. The van der Waals surface area contributed by atoms with E-state index < -0.39 is 5.97 Å². The van der Waals surface area contributed by atoms with Gasteiger partial charge < -0.3 is 24.5 Å². The fourth-order valence-electron chi connectivity index (χ4n) is 0.866. The molecule has 0 aromatic rings. The molecule has 0 rings (SSSR count). The average Bonchev–Trinajstić information content (AvgIpc) is 2.44. The summed E-state index contributed by atoms with van der Waals surface area (Å²) >= 11 is 0. The number of carbonyl (C=O) groups is 3. The SMILES string of the molecule is CCC(=O)OCCOC(=O)CCCCO.CCC(=O)[O-].[Na+]. The molecule has 0 aliphatic carbocycles. The van der Waals surface area contributed by atoms with E-state index in [2.05, 4.69) is 0 Å². The molecule has 0 aromatic heterocycles. The molecule has 0 atom stereocenters. The van der Waals surface area contributed by atoms with E-state index in [1.54, 1.807) is 6.92 Å². The Morgan fingerprint density at radius 3 is 1.81 bits per heavy atom. The minimum Gasteiger partial charge on any atom is -0.550 e. The van der Waals surface area contributed by atoms with Crippen LogP contribution in [0.3, 0.4) is 0 Å². The summed E-state index contributed by atoms with van der Waals surface area (Å²) in [5.41, 5.74) is 0. The molecule has 0 aliphatic heterocycles. The summed E-state index contributed by atoms with van der Waals surface area (Å²) in [6, 6.07) is 0.